The molecule has 0 aliphatic heterocycles. The Morgan fingerprint density at radius 2 is 2.20 bits per heavy atom. The molecule has 0 spiro atoms. The molecular formula is C13H18ClN3O3. The quantitative estimate of drug-likeness (QED) is 0.827. The number of amides is 1. The molecule has 1 N–H and O–H groups in total. The normalized spacial score (nSPS) is 10.3. The summed E-state index contributed by atoms with van der Waals surface area (Å²) in [5, 5.41) is 6.52. The van der Waals surface area contributed by atoms with Gasteiger partial charge < -0.3 is 19.2 Å². The van der Waals surface area contributed by atoms with Crippen LogP contribution in [-0.2, 0) is 0 Å². The molecule has 7 heteroatoms. The van der Waals surface area contributed by atoms with E-state index >= 15 is 0 Å². The van der Waals surface area contributed by atoms with E-state index in [4.69, 9.17) is 8.94 Å². The van der Waals surface area contributed by atoms with Crippen molar-refractivity contribution in [1.29, 1.82) is 0 Å². The maximum Gasteiger partial charge on any atom is 0.273 e. The fraction of sp³-hybridized carbons (Fsp3) is 0.385. The van der Waals surface area contributed by atoms with Crippen LogP contribution in [0.2, 0.25) is 0 Å². The molecule has 0 aliphatic carbocycles. The number of rotatable bonds is 6. The van der Waals surface area contributed by atoms with Gasteiger partial charge in [0.1, 0.15) is 0 Å². The maximum atomic E-state index is 11.8. The van der Waals surface area contributed by atoms with Crippen molar-refractivity contribution >= 4 is 18.3 Å². The highest BCUT2D eigenvalue weighted by molar-refractivity contribution is 5.92. The number of nitrogens with one attached hydrogen (secondary N) is 1. The second kappa shape index (κ2) is 7.72. The van der Waals surface area contributed by atoms with Gasteiger partial charge in [-0.2, -0.15) is 0 Å². The van der Waals surface area contributed by atoms with Gasteiger partial charge in [0.05, 0.1) is 6.26 Å². The van der Waals surface area contributed by atoms with E-state index in [-0.39, 0.29) is 24.0 Å². The van der Waals surface area contributed by atoms with E-state index in [0.29, 0.717) is 18.1 Å². The van der Waals surface area contributed by atoms with Crippen LogP contribution in [0, 0.1) is 0 Å². The molecule has 0 aromatic carbocycles. The third-order valence-electron chi connectivity index (χ3n) is 2.57. The van der Waals surface area contributed by atoms with Crippen molar-refractivity contribution in [2.75, 3.05) is 27.2 Å². The number of halogens is 1. The van der Waals surface area contributed by atoms with Crippen molar-refractivity contribution in [3.05, 3.63) is 30.2 Å². The zero-order valence-corrected chi connectivity index (χ0v) is 12.3. The summed E-state index contributed by atoms with van der Waals surface area (Å²) >= 11 is 0. The van der Waals surface area contributed by atoms with E-state index in [0.717, 1.165) is 13.0 Å². The van der Waals surface area contributed by atoms with Crippen LogP contribution in [0.25, 0.3) is 11.5 Å². The molecule has 2 aromatic heterocycles. The molecule has 0 aliphatic rings. The predicted molar refractivity (Wildman–Crippen MR) is 77.0 cm³/mol. The average molecular weight is 300 g/mol. The summed E-state index contributed by atoms with van der Waals surface area (Å²) in [4.78, 5) is 13.9. The van der Waals surface area contributed by atoms with E-state index in [1.807, 2.05) is 14.1 Å². The Bertz CT molecular complexity index is 523. The fourth-order valence-electron chi connectivity index (χ4n) is 1.60. The fourth-order valence-corrected chi connectivity index (χ4v) is 1.60. The molecule has 20 heavy (non-hydrogen) atoms. The molecule has 0 unspecified atom stereocenters. The van der Waals surface area contributed by atoms with Crippen LogP contribution < -0.4 is 5.32 Å². The molecule has 6 nitrogen and oxygen atoms in total. The summed E-state index contributed by atoms with van der Waals surface area (Å²) in [6.07, 6.45) is 2.43. The van der Waals surface area contributed by atoms with Crippen molar-refractivity contribution < 1.29 is 13.7 Å². The van der Waals surface area contributed by atoms with Gasteiger partial charge in [0.25, 0.3) is 5.91 Å². The lowest BCUT2D eigenvalue weighted by Crippen LogP contribution is -2.27. The summed E-state index contributed by atoms with van der Waals surface area (Å²) < 4.78 is 10.2. The number of carbonyl (C=O) groups is 1. The molecule has 0 radical (unpaired) electrons. The lowest BCUT2D eigenvalue weighted by Gasteiger charge is -2.08. The Morgan fingerprint density at radius 1 is 1.40 bits per heavy atom. The first-order valence-electron chi connectivity index (χ1n) is 6.10. The minimum Gasteiger partial charge on any atom is -0.461 e. The van der Waals surface area contributed by atoms with Gasteiger partial charge in [-0.1, -0.05) is 5.16 Å². The smallest absolute Gasteiger partial charge is 0.273 e. The van der Waals surface area contributed by atoms with Crippen LogP contribution in [0.5, 0.6) is 0 Å². The number of nitrogens with zero attached hydrogens (tertiary/aromatic N) is 2. The predicted octanol–water partition coefficient (Wildman–Crippen LogP) is 2.04. The van der Waals surface area contributed by atoms with Crippen molar-refractivity contribution in [1.82, 2.24) is 15.4 Å². The topological polar surface area (TPSA) is 71.5 Å². The Morgan fingerprint density at radius 3 is 2.85 bits per heavy atom. The van der Waals surface area contributed by atoms with Gasteiger partial charge in [-0.25, -0.2) is 0 Å². The maximum absolute atomic E-state index is 11.8. The largest absolute Gasteiger partial charge is 0.461 e. The van der Waals surface area contributed by atoms with Gasteiger partial charge >= 0.3 is 0 Å². The third kappa shape index (κ3) is 4.40. The highest BCUT2D eigenvalue weighted by atomic mass is 35.5. The first-order valence-corrected chi connectivity index (χ1v) is 6.10. The van der Waals surface area contributed by atoms with E-state index in [2.05, 4.69) is 15.4 Å². The number of carbonyl (C=O) groups excluding carboxylic acids is 1. The SMILES string of the molecule is CN(C)CCCNC(=O)c1cc(-c2ccco2)on1.Cl. The van der Waals surface area contributed by atoms with Gasteiger partial charge in [0, 0.05) is 12.6 Å². The lowest BCUT2D eigenvalue weighted by atomic mass is 10.3. The monoisotopic (exact) mass is 299 g/mol. The third-order valence-corrected chi connectivity index (χ3v) is 2.57. The van der Waals surface area contributed by atoms with Gasteiger partial charge in [-0.3, -0.25) is 4.79 Å². The Labute approximate surface area is 123 Å². The second-order valence-electron chi connectivity index (χ2n) is 4.47. The van der Waals surface area contributed by atoms with E-state index in [9.17, 15) is 4.79 Å². The summed E-state index contributed by atoms with van der Waals surface area (Å²) in [5.74, 6) is 0.767. The van der Waals surface area contributed by atoms with E-state index in [1.165, 1.54) is 0 Å². The van der Waals surface area contributed by atoms with Gasteiger partial charge in [-0.15, -0.1) is 12.4 Å². The van der Waals surface area contributed by atoms with Crippen molar-refractivity contribution in [2.45, 2.75) is 6.42 Å². The van der Waals surface area contributed by atoms with Crippen molar-refractivity contribution in [3.63, 3.8) is 0 Å². The number of aromatic nitrogens is 1. The van der Waals surface area contributed by atoms with Crippen LogP contribution in [0.1, 0.15) is 16.9 Å². The minimum absolute atomic E-state index is 0. The molecule has 0 saturated heterocycles. The Balaban J connectivity index is 0.00000200. The first kappa shape index (κ1) is 16.3. The molecule has 2 rings (SSSR count). The van der Waals surface area contributed by atoms with Gasteiger partial charge in [0.2, 0.25) is 5.76 Å². The molecule has 0 bridgehead atoms. The Hall–Kier alpha value is -1.79. The molecule has 0 fully saturated rings. The standard InChI is InChI=1S/C13H17N3O3.ClH/c1-16(2)7-4-6-14-13(17)10-9-12(19-15-10)11-5-3-8-18-11;/h3,5,8-9H,4,6-7H2,1-2H3,(H,14,17);1H. The van der Waals surface area contributed by atoms with Crippen molar-refractivity contribution in [2.24, 2.45) is 0 Å². The molecule has 2 heterocycles. The molecule has 110 valence electrons. The van der Waals surface area contributed by atoms with Crippen molar-refractivity contribution in [3.8, 4) is 11.5 Å². The number of hydrogen-bond donors (Lipinski definition) is 1. The molecule has 0 saturated carbocycles. The number of furan rings is 1. The zero-order chi connectivity index (χ0) is 13.7. The highest BCUT2D eigenvalue weighted by Gasteiger charge is 2.14. The zero-order valence-electron chi connectivity index (χ0n) is 11.5. The van der Waals surface area contributed by atoms with Gasteiger partial charge in [-0.05, 0) is 39.2 Å². The van der Waals surface area contributed by atoms with Gasteiger partial charge in [0.15, 0.2) is 11.5 Å². The number of hydrogen-bond acceptors (Lipinski definition) is 5. The summed E-state index contributed by atoms with van der Waals surface area (Å²) in [5.41, 5.74) is 0.260. The van der Waals surface area contributed by atoms with Crippen LogP contribution >= 0.6 is 12.4 Å². The first-order chi connectivity index (χ1) is 9.16. The molecule has 0 atom stereocenters. The van der Waals surface area contributed by atoms with Crippen LogP contribution in [-0.4, -0.2) is 43.1 Å². The Kier molecular flexibility index (Phi) is 6.27. The molecule has 1 amide bonds. The van der Waals surface area contributed by atoms with E-state index in [1.54, 1.807) is 24.5 Å². The highest BCUT2D eigenvalue weighted by Crippen LogP contribution is 2.20. The summed E-state index contributed by atoms with van der Waals surface area (Å²) in [7, 11) is 3.99. The minimum atomic E-state index is -0.236. The molecular weight excluding hydrogens is 282 g/mol. The second-order valence-corrected chi connectivity index (χ2v) is 4.47. The van der Waals surface area contributed by atoms with Crippen LogP contribution in [0.15, 0.2) is 33.4 Å². The molecule has 2 aromatic rings. The van der Waals surface area contributed by atoms with E-state index < -0.39 is 0 Å². The average Bonchev–Trinajstić information content (AvgIpc) is 3.03. The lowest BCUT2D eigenvalue weighted by molar-refractivity contribution is 0.0943. The summed E-state index contributed by atoms with van der Waals surface area (Å²) in [6.45, 7) is 1.54. The van der Waals surface area contributed by atoms with Crippen LogP contribution in [0.4, 0.5) is 0 Å². The summed E-state index contributed by atoms with van der Waals surface area (Å²) in [6, 6.07) is 5.07. The van der Waals surface area contributed by atoms with Crippen LogP contribution in [0.3, 0.4) is 0 Å².